The second-order valence-electron chi connectivity index (χ2n) is 5.32. The minimum Gasteiger partial charge on any atom is -0.268 e. The third-order valence-corrected chi connectivity index (χ3v) is 4.98. The molecule has 2 heterocycles. The fourth-order valence-electron chi connectivity index (χ4n) is 2.29. The van der Waals surface area contributed by atoms with Gasteiger partial charge in [0.05, 0.1) is 10.6 Å². The van der Waals surface area contributed by atoms with Gasteiger partial charge in [0.15, 0.2) is 11.6 Å². The molecule has 130 valence electrons. The van der Waals surface area contributed by atoms with Crippen molar-refractivity contribution in [3.63, 3.8) is 0 Å². The summed E-state index contributed by atoms with van der Waals surface area (Å²) in [4.78, 5) is 3.75. The van der Waals surface area contributed by atoms with Crippen molar-refractivity contribution < 1.29 is 17.2 Å². The number of pyridine rings is 1. The zero-order valence-corrected chi connectivity index (χ0v) is 14.0. The molecule has 3 rings (SSSR count). The van der Waals surface area contributed by atoms with E-state index < -0.39 is 21.7 Å². The summed E-state index contributed by atoms with van der Waals surface area (Å²) in [7, 11) is -2.19. The van der Waals surface area contributed by atoms with E-state index in [4.69, 9.17) is 0 Å². The highest BCUT2D eigenvalue weighted by Crippen LogP contribution is 2.19. The molecule has 0 saturated carbocycles. The number of nitrogens with zero attached hydrogens (tertiary/aromatic N) is 3. The second kappa shape index (κ2) is 6.69. The summed E-state index contributed by atoms with van der Waals surface area (Å²) in [6.45, 7) is -0.0416. The average Bonchev–Trinajstić information content (AvgIpc) is 3.02. The maximum Gasteiger partial charge on any atom is 0.240 e. The summed E-state index contributed by atoms with van der Waals surface area (Å²) in [5.74, 6) is -2.32. The average molecular weight is 364 g/mol. The molecule has 3 aromatic rings. The van der Waals surface area contributed by atoms with E-state index in [1.165, 1.54) is 6.20 Å². The van der Waals surface area contributed by atoms with Gasteiger partial charge in [-0.2, -0.15) is 5.10 Å². The highest BCUT2D eigenvalue weighted by molar-refractivity contribution is 7.89. The van der Waals surface area contributed by atoms with Crippen LogP contribution >= 0.6 is 0 Å². The molecule has 0 aliphatic carbocycles. The van der Waals surface area contributed by atoms with Gasteiger partial charge < -0.3 is 0 Å². The first-order valence-corrected chi connectivity index (χ1v) is 8.72. The SMILES string of the molecule is Cn1nccc1-c1cncc(CNS(=O)(=O)c2ccc(F)c(F)c2)c1. The number of halogens is 2. The fraction of sp³-hybridized carbons (Fsp3) is 0.125. The van der Waals surface area contributed by atoms with E-state index in [9.17, 15) is 17.2 Å². The van der Waals surface area contributed by atoms with Crippen LogP contribution in [-0.2, 0) is 23.6 Å². The summed E-state index contributed by atoms with van der Waals surface area (Å²) in [5, 5.41) is 4.07. The van der Waals surface area contributed by atoms with E-state index in [-0.39, 0.29) is 11.4 Å². The van der Waals surface area contributed by atoms with Gasteiger partial charge in [0.2, 0.25) is 10.0 Å². The van der Waals surface area contributed by atoms with Crippen molar-refractivity contribution in [2.24, 2.45) is 7.05 Å². The molecule has 0 saturated heterocycles. The molecule has 9 heteroatoms. The fourth-order valence-corrected chi connectivity index (χ4v) is 3.32. The first kappa shape index (κ1) is 17.2. The molecule has 0 aliphatic heterocycles. The number of benzene rings is 1. The number of hydrogen-bond donors (Lipinski definition) is 1. The lowest BCUT2D eigenvalue weighted by molar-refractivity contribution is 0.504. The second-order valence-corrected chi connectivity index (χ2v) is 7.09. The van der Waals surface area contributed by atoms with Crippen LogP contribution in [0.4, 0.5) is 8.78 Å². The van der Waals surface area contributed by atoms with Crippen LogP contribution in [0.1, 0.15) is 5.56 Å². The highest BCUT2D eigenvalue weighted by Gasteiger charge is 2.16. The van der Waals surface area contributed by atoms with Crippen LogP contribution in [0.2, 0.25) is 0 Å². The van der Waals surface area contributed by atoms with Crippen molar-refractivity contribution in [2.45, 2.75) is 11.4 Å². The van der Waals surface area contributed by atoms with Gasteiger partial charge in [0, 0.05) is 37.7 Å². The van der Waals surface area contributed by atoms with Crippen LogP contribution in [-0.4, -0.2) is 23.2 Å². The Kier molecular flexibility index (Phi) is 4.60. The Bertz CT molecular complexity index is 1020. The van der Waals surface area contributed by atoms with Gasteiger partial charge in [-0.3, -0.25) is 9.67 Å². The molecule has 0 unspecified atom stereocenters. The minimum absolute atomic E-state index is 0.0416. The summed E-state index contributed by atoms with van der Waals surface area (Å²) < 4.78 is 54.6. The van der Waals surface area contributed by atoms with E-state index >= 15 is 0 Å². The lowest BCUT2D eigenvalue weighted by Crippen LogP contribution is -2.23. The zero-order valence-electron chi connectivity index (χ0n) is 13.1. The first-order chi connectivity index (χ1) is 11.9. The summed E-state index contributed by atoms with van der Waals surface area (Å²) in [6, 6.07) is 6.01. The Morgan fingerprint density at radius 1 is 1.12 bits per heavy atom. The predicted molar refractivity (Wildman–Crippen MR) is 86.8 cm³/mol. The molecule has 6 nitrogen and oxygen atoms in total. The summed E-state index contributed by atoms with van der Waals surface area (Å²) in [6.07, 6.45) is 4.81. The summed E-state index contributed by atoms with van der Waals surface area (Å²) >= 11 is 0. The van der Waals surface area contributed by atoms with E-state index in [2.05, 4.69) is 14.8 Å². The smallest absolute Gasteiger partial charge is 0.240 e. The molecule has 0 aliphatic rings. The Balaban J connectivity index is 1.79. The Hall–Kier alpha value is -2.65. The number of nitrogens with one attached hydrogen (secondary N) is 1. The third-order valence-electron chi connectivity index (χ3n) is 3.58. The van der Waals surface area contributed by atoms with Crippen LogP contribution in [0.3, 0.4) is 0 Å². The number of hydrogen-bond acceptors (Lipinski definition) is 4. The van der Waals surface area contributed by atoms with Crippen LogP contribution in [0.15, 0.2) is 53.8 Å². The van der Waals surface area contributed by atoms with Crippen molar-refractivity contribution in [1.29, 1.82) is 0 Å². The molecule has 25 heavy (non-hydrogen) atoms. The van der Waals surface area contributed by atoms with Gasteiger partial charge in [-0.1, -0.05) is 0 Å². The molecule has 0 atom stereocenters. The van der Waals surface area contributed by atoms with Gasteiger partial charge in [-0.05, 0) is 35.9 Å². The molecule has 0 spiro atoms. The monoisotopic (exact) mass is 364 g/mol. The van der Waals surface area contributed by atoms with Crippen molar-refractivity contribution in [2.75, 3.05) is 0 Å². The van der Waals surface area contributed by atoms with Gasteiger partial charge in [-0.15, -0.1) is 0 Å². The van der Waals surface area contributed by atoms with E-state index in [0.717, 1.165) is 23.4 Å². The lowest BCUT2D eigenvalue weighted by Gasteiger charge is -2.08. The maximum atomic E-state index is 13.2. The van der Waals surface area contributed by atoms with Crippen molar-refractivity contribution in [3.8, 4) is 11.3 Å². The van der Waals surface area contributed by atoms with Crippen LogP contribution in [0, 0.1) is 11.6 Å². The maximum absolute atomic E-state index is 13.2. The molecule has 0 bridgehead atoms. The van der Waals surface area contributed by atoms with E-state index in [1.54, 1.807) is 30.2 Å². The van der Waals surface area contributed by atoms with Crippen molar-refractivity contribution in [3.05, 3.63) is 66.1 Å². The predicted octanol–water partition coefficient (Wildman–Crippen LogP) is 2.24. The Labute approximate surface area is 143 Å². The van der Waals surface area contributed by atoms with Crippen molar-refractivity contribution in [1.82, 2.24) is 19.5 Å². The van der Waals surface area contributed by atoms with Crippen LogP contribution < -0.4 is 4.72 Å². The molecule has 1 N–H and O–H groups in total. The number of aromatic nitrogens is 3. The first-order valence-electron chi connectivity index (χ1n) is 7.24. The molecule has 2 aromatic heterocycles. The molecule has 0 amide bonds. The number of rotatable bonds is 5. The zero-order chi connectivity index (χ0) is 18.0. The Morgan fingerprint density at radius 3 is 2.60 bits per heavy atom. The summed E-state index contributed by atoms with van der Waals surface area (Å²) in [5.41, 5.74) is 2.23. The van der Waals surface area contributed by atoms with Crippen molar-refractivity contribution >= 4 is 10.0 Å². The topological polar surface area (TPSA) is 76.9 Å². The highest BCUT2D eigenvalue weighted by atomic mass is 32.2. The minimum atomic E-state index is -3.97. The molecule has 0 radical (unpaired) electrons. The van der Waals surface area contributed by atoms with Crippen LogP contribution in [0.5, 0.6) is 0 Å². The number of sulfonamides is 1. The van der Waals surface area contributed by atoms with Crippen LogP contribution in [0.25, 0.3) is 11.3 Å². The quantitative estimate of drug-likeness (QED) is 0.753. The third kappa shape index (κ3) is 3.72. The number of aryl methyl sites for hydroxylation is 1. The largest absolute Gasteiger partial charge is 0.268 e. The normalized spacial score (nSPS) is 11.6. The van der Waals surface area contributed by atoms with Gasteiger partial charge >= 0.3 is 0 Å². The molecule has 0 fully saturated rings. The lowest BCUT2D eigenvalue weighted by atomic mass is 10.1. The van der Waals surface area contributed by atoms with E-state index in [0.29, 0.717) is 11.6 Å². The molecular weight excluding hydrogens is 350 g/mol. The van der Waals surface area contributed by atoms with Gasteiger partial charge in [0.1, 0.15) is 0 Å². The van der Waals surface area contributed by atoms with Gasteiger partial charge in [-0.25, -0.2) is 21.9 Å². The molecular formula is C16H14F2N4O2S. The molecule has 1 aromatic carbocycles. The standard InChI is InChI=1S/C16H14F2N4O2S/c1-22-16(4-5-20-22)12-6-11(8-19-10-12)9-21-25(23,24)13-2-3-14(17)15(18)7-13/h2-8,10,21H,9H2,1H3. The Morgan fingerprint density at radius 2 is 1.92 bits per heavy atom. The van der Waals surface area contributed by atoms with Gasteiger partial charge in [0.25, 0.3) is 0 Å². The van der Waals surface area contributed by atoms with E-state index in [1.807, 2.05) is 6.07 Å².